The van der Waals surface area contributed by atoms with Crippen LogP contribution in [0, 0.1) is 6.92 Å². The lowest BCUT2D eigenvalue weighted by atomic mass is 9.95. The molecule has 1 saturated heterocycles. The zero-order chi connectivity index (χ0) is 14.0. The summed E-state index contributed by atoms with van der Waals surface area (Å²) in [7, 11) is 0. The molecule has 0 atom stereocenters. The van der Waals surface area contributed by atoms with Gasteiger partial charge in [0.2, 0.25) is 0 Å². The van der Waals surface area contributed by atoms with E-state index in [0.29, 0.717) is 18.1 Å². The molecular formula is C12H17N3OS3. The average Bonchev–Trinajstić information content (AvgIpc) is 2.84. The number of hydrogen-bond donors (Lipinski definition) is 1. The molecule has 0 aliphatic carbocycles. The van der Waals surface area contributed by atoms with E-state index in [1.54, 1.807) is 17.3 Å². The zero-order valence-electron chi connectivity index (χ0n) is 11.0. The van der Waals surface area contributed by atoms with E-state index >= 15 is 0 Å². The maximum Gasteiger partial charge on any atom is 0.265 e. The molecule has 19 heavy (non-hydrogen) atoms. The van der Waals surface area contributed by atoms with Gasteiger partial charge >= 0.3 is 0 Å². The van der Waals surface area contributed by atoms with Crippen LogP contribution in [0.2, 0.25) is 0 Å². The van der Waals surface area contributed by atoms with Crippen molar-refractivity contribution in [2.75, 3.05) is 19.3 Å². The number of rotatable bonds is 3. The SMILES string of the molecule is CSC1(C(N)=S)CCN(C(=O)c2scnc2C)CC1. The van der Waals surface area contributed by atoms with Crippen molar-refractivity contribution in [1.29, 1.82) is 0 Å². The van der Waals surface area contributed by atoms with Gasteiger partial charge in [-0.25, -0.2) is 4.98 Å². The Labute approximate surface area is 126 Å². The quantitative estimate of drug-likeness (QED) is 0.865. The lowest BCUT2D eigenvalue weighted by Crippen LogP contribution is -2.50. The number of amides is 1. The zero-order valence-corrected chi connectivity index (χ0v) is 13.5. The molecule has 0 bridgehead atoms. The van der Waals surface area contributed by atoms with Gasteiger partial charge in [-0.15, -0.1) is 11.3 Å². The van der Waals surface area contributed by atoms with E-state index in [1.165, 1.54) is 11.3 Å². The lowest BCUT2D eigenvalue weighted by molar-refractivity contribution is 0.0723. The number of piperidine rings is 1. The number of aromatic nitrogens is 1. The smallest absolute Gasteiger partial charge is 0.265 e. The van der Waals surface area contributed by atoms with E-state index in [1.807, 2.05) is 18.1 Å². The van der Waals surface area contributed by atoms with E-state index in [-0.39, 0.29) is 10.7 Å². The molecule has 1 aromatic heterocycles. The van der Waals surface area contributed by atoms with Crippen molar-refractivity contribution >= 4 is 46.2 Å². The van der Waals surface area contributed by atoms with Gasteiger partial charge in [-0.05, 0) is 26.0 Å². The second-order valence-electron chi connectivity index (χ2n) is 4.62. The van der Waals surface area contributed by atoms with Gasteiger partial charge in [0.05, 0.1) is 20.9 Å². The van der Waals surface area contributed by atoms with Gasteiger partial charge in [-0.2, -0.15) is 11.8 Å². The van der Waals surface area contributed by atoms with Gasteiger partial charge in [0.1, 0.15) is 4.88 Å². The summed E-state index contributed by atoms with van der Waals surface area (Å²) in [5, 5.41) is 0. The van der Waals surface area contributed by atoms with E-state index in [0.717, 1.165) is 23.4 Å². The number of thiazole rings is 1. The van der Waals surface area contributed by atoms with Crippen LogP contribution in [0.25, 0.3) is 0 Å². The molecule has 7 heteroatoms. The summed E-state index contributed by atoms with van der Waals surface area (Å²) in [5.74, 6) is 0.0812. The van der Waals surface area contributed by atoms with Crippen LogP contribution in [0.5, 0.6) is 0 Å². The first-order chi connectivity index (χ1) is 9.00. The van der Waals surface area contributed by atoms with E-state index in [9.17, 15) is 4.79 Å². The van der Waals surface area contributed by atoms with Crippen LogP contribution in [-0.2, 0) is 0 Å². The number of nitrogens with two attached hydrogens (primary N) is 1. The third-order valence-electron chi connectivity index (χ3n) is 3.64. The van der Waals surface area contributed by atoms with Gasteiger partial charge in [-0.1, -0.05) is 12.2 Å². The molecule has 1 amide bonds. The second kappa shape index (κ2) is 5.76. The normalized spacial score (nSPS) is 18.3. The number of hydrogen-bond acceptors (Lipinski definition) is 5. The first-order valence-electron chi connectivity index (χ1n) is 6.04. The fourth-order valence-corrected chi connectivity index (χ4v) is 4.29. The Morgan fingerprint density at radius 2 is 2.21 bits per heavy atom. The highest BCUT2D eigenvalue weighted by atomic mass is 32.2. The summed E-state index contributed by atoms with van der Waals surface area (Å²) in [4.78, 5) is 19.7. The minimum atomic E-state index is -0.144. The lowest BCUT2D eigenvalue weighted by Gasteiger charge is -2.39. The maximum atomic E-state index is 12.4. The van der Waals surface area contributed by atoms with Crippen molar-refractivity contribution in [3.05, 3.63) is 16.1 Å². The number of thiocarbonyl (C=S) groups is 1. The largest absolute Gasteiger partial charge is 0.392 e. The predicted molar refractivity (Wildman–Crippen MR) is 85.0 cm³/mol. The molecule has 2 rings (SSSR count). The van der Waals surface area contributed by atoms with Crippen LogP contribution >= 0.6 is 35.3 Å². The van der Waals surface area contributed by atoms with E-state index in [4.69, 9.17) is 18.0 Å². The third-order valence-corrected chi connectivity index (χ3v) is 6.48. The molecule has 2 heterocycles. The number of aryl methyl sites for hydroxylation is 1. The Balaban J connectivity index is 2.06. The molecule has 1 aliphatic heterocycles. The van der Waals surface area contributed by atoms with E-state index in [2.05, 4.69) is 4.98 Å². The molecule has 0 aromatic carbocycles. The summed E-state index contributed by atoms with van der Waals surface area (Å²) in [6.07, 6.45) is 3.68. The van der Waals surface area contributed by atoms with Gasteiger partial charge < -0.3 is 10.6 Å². The Morgan fingerprint density at radius 1 is 1.58 bits per heavy atom. The van der Waals surface area contributed by atoms with Crippen LogP contribution in [0.1, 0.15) is 28.2 Å². The van der Waals surface area contributed by atoms with Gasteiger partial charge in [0.15, 0.2) is 0 Å². The van der Waals surface area contributed by atoms with E-state index < -0.39 is 0 Å². The molecule has 0 unspecified atom stereocenters. The topological polar surface area (TPSA) is 59.2 Å². The van der Waals surface area contributed by atoms with Gasteiger partial charge in [0.25, 0.3) is 5.91 Å². The first kappa shape index (κ1) is 14.7. The van der Waals surface area contributed by atoms with Crippen LogP contribution in [0.3, 0.4) is 0 Å². The fourth-order valence-electron chi connectivity index (χ4n) is 2.27. The Hall–Kier alpha value is -0.660. The second-order valence-corrected chi connectivity index (χ2v) is 7.11. The fraction of sp³-hybridized carbons (Fsp3) is 0.583. The molecule has 1 aliphatic rings. The maximum absolute atomic E-state index is 12.4. The Morgan fingerprint density at radius 3 is 2.63 bits per heavy atom. The molecule has 0 spiro atoms. The molecule has 0 radical (unpaired) electrons. The van der Waals surface area contributed by atoms with Crippen molar-refractivity contribution in [1.82, 2.24) is 9.88 Å². The summed E-state index contributed by atoms with van der Waals surface area (Å²) in [6.45, 7) is 3.28. The summed E-state index contributed by atoms with van der Waals surface area (Å²) < 4.78 is -0.144. The summed E-state index contributed by atoms with van der Waals surface area (Å²) >= 11 is 8.28. The van der Waals surface area contributed by atoms with Crippen molar-refractivity contribution in [3.8, 4) is 0 Å². The molecular weight excluding hydrogens is 298 g/mol. The standard InChI is InChI=1S/C12H17N3OS3/c1-8-9(19-7-14-8)10(16)15-5-3-12(18-2,4-6-15)11(13)17/h7H,3-6H2,1-2H3,(H2,13,17). The average molecular weight is 315 g/mol. The Bertz CT molecular complexity index is 492. The van der Waals surface area contributed by atoms with Crippen molar-refractivity contribution in [2.24, 2.45) is 5.73 Å². The number of nitrogens with zero attached hydrogens (tertiary/aromatic N) is 2. The van der Waals surface area contributed by atoms with Crippen molar-refractivity contribution in [3.63, 3.8) is 0 Å². The van der Waals surface area contributed by atoms with Crippen LogP contribution in [0.4, 0.5) is 0 Å². The van der Waals surface area contributed by atoms with Crippen molar-refractivity contribution in [2.45, 2.75) is 24.5 Å². The summed E-state index contributed by atoms with van der Waals surface area (Å²) in [5.41, 5.74) is 8.38. The minimum absolute atomic E-state index is 0.0812. The minimum Gasteiger partial charge on any atom is -0.392 e. The highest BCUT2D eigenvalue weighted by Gasteiger charge is 2.38. The molecule has 1 aromatic rings. The van der Waals surface area contributed by atoms with Crippen LogP contribution in [-0.4, -0.2) is 44.9 Å². The van der Waals surface area contributed by atoms with Gasteiger partial charge in [-0.3, -0.25) is 4.79 Å². The number of thioether (sulfide) groups is 1. The molecule has 104 valence electrons. The number of carbonyl (C=O) groups is 1. The summed E-state index contributed by atoms with van der Waals surface area (Å²) in [6, 6.07) is 0. The third kappa shape index (κ3) is 2.78. The number of carbonyl (C=O) groups excluding carboxylic acids is 1. The number of likely N-dealkylation sites (tertiary alicyclic amines) is 1. The molecule has 1 fully saturated rings. The Kier molecular flexibility index (Phi) is 4.47. The van der Waals surface area contributed by atoms with Crippen LogP contribution < -0.4 is 5.73 Å². The highest BCUT2D eigenvalue weighted by molar-refractivity contribution is 8.02. The van der Waals surface area contributed by atoms with Crippen LogP contribution in [0.15, 0.2) is 5.51 Å². The first-order valence-corrected chi connectivity index (χ1v) is 8.56. The molecule has 2 N–H and O–H groups in total. The monoisotopic (exact) mass is 315 g/mol. The van der Waals surface area contributed by atoms with Gasteiger partial charge in [0, 0.05) is 13.1 Å². The molecule has 0 saturated carbocycles. The predicted octanol–water partition coefficient (Wildman–Crippen LogP) is 2.08. The highest BCUT2D eigenvalue weighted by Crippen LogP contribution is 2.35. The molecule has 4 nitrogen and oxygen atoms in total. The van der Waals surface area contributed by atoms with Crippen molar-refractivity contribution < 1.29 is 4.79 Å².